The summed E-state index contributed by atoms with van der Waals surface area (Å²) >= 11 is 0. The number of aryl methyl sites for hydroxylation is 1. The van der Waals surface area contributed by atoms with Crippen molar-refractivity contribution in [3.8, 4) is 0 Å². The summed E-state index contributed by atoms with van der Waals surface area (Å²) in [5.41, 5.74) is 6.51. The van der Waals surface area contributed by atoms with E-state index in [4.69, 9.17) is 0 Å². The highest BCUT2D eigenvalue weighted by Crippen LogP contribution is 2.09. The number of carbonyl (C=O) groups excluding carboxylic acids is 1. The van der Waals surface area contributed by atoms with Crippen LogP contribution in [-0.4, -0.2) is 16.6 Å². The fraction of sp³-hybridized carbons (Fsp3) is 0.0500. The number of aromatic nitrogens is 1. The monoisotopic (exact) mass is 315 g/mol. The first-order chi connectivity index (χ1) is 11.7. The van der Waals surface area contributed by atoms with Crippen LogP contribution in [0.1, 0.15) is 27.2 Å². The standard InChI is InChI=1S/C20H17N3O/c1-15-10-12-17(13-11-15)20(24)23-22-19(16-7-3-2-4-8-16)18-9-5-6-14-21-18/h2-14H,1H3,(H,23,24)/b22-19+. The van der Waals surface area contributed by atoms with E-state index < -0.39 is 0 Å². The highest BCUT2D eigenvalue weighted by atomic mass is 16.2. The number of nitrogens with zero attached hydrogens (tertiary/aromatic N) is 2. The van der Waals surface area contributed by atoms with Gasteiger partial charge in [-0.3, -0.25) is 9.78 Å². The Hall–Kier alpha value is -3.27. The Bertz CT molecular complexity index is 800. The molecule has 1 N–H and O–H groups in total. The maximum Gasteiger partial charge on any atom is 0.271 e. The zero-order valence-corrected chi connectivity index (χ0v) is 13.3. The Morgan fingerprint density at radius 1 is 0.875 bits per heavy atom. The molecule has 0 saturated carbocycles. The van der Waals surface area contributed by atoms with Gasteiger partial charge in [-0.2, -0.15) is 5.10 Å². The molecule has 118 valence electrons. The van der Waals surface area contributed by atoms with Crippen LogP contribution in [0.25, 0.3) is 0 Å². The van der Waals surface area contributed by atoms with Crippen LogP contribution in [0.2, 0.25) is 0 Å². The minimum atomic E-state index is -0.251. The second-order valence-electron chi connectivity index (χ2n) is 5.35. The van der Waals surface area contributed by atoms with Crippen LogP contribution in [0.15, 0.2) is 84.1 Å². The van der Waals surface area contributed by atoms with Gasteiger partial charge in [0.2, 0.25) is 0 Å². The molecule has 0 aliphatic rings. The van der Waals surface area contributed by atoms with E-state index >= 15 is 0 Å². The third-order valence-electron chi connectivity index (χ3n) is 3.54. The van der Waals surface area contributed by atoms with Gasteiger partial charge in [0.25, 0.3) is 5.91 Å². The predicted molar refractivity (Wildman–Crippen MR) is 95.0 cm³/mol. The lowest BCUT2D eigenvalue weighted by molar-refractivity contribution is 0.0955. The van der Waals surface area contributed by atoms with Crippen LogP contribution in [0.3, 0.4) is 0 Å². The number of benzene rings is 2. The van der Waals surface area contributed by atoms with E-state index in [1.807, 2.05) is 67.6 Å². The zero-order chi connectivity index (χ0) is 16.8. The van der Waals surface area contributed by atoms with Gasteiger partial charge >= 0.3 is 0 Å². The van der Waals surface area contributed by atoms with Crippen LogP contribution >= 0.6 is 0 Å². The van der Waals surface area contributed by atoms with Crippen LogP contribution < -0.4 is 5.43 Å². The molecular formula is C20H17N3O. The highest BCUT2D eigenvalue weighted by Gasteiger charge is 2.10. The molecule has 3 rings (SSSR count). The van der Waals surface area contributed by atoms with Gasteiger partial charge in [-0.15, -0.1) is 0 Å². The Morgan fingerprint density at radius 3 is 2.25 bits per heavy atom. The van der Waals surface area contributed by atoms with Crippen molar-refractivity contribution in [3.05, 3.63) is 101 Å². The molecule has 0 spiro atoms. The summed E-state index contributed by atoms with van der Waals surface area (Å²) in [6.45, 7) is 1.98. The third-order valence-corrected chi connectivity index (χ3v) is 3.54. The first-order valence-corrected chi connectivity index (χ1v) is 7.65. The summed E-state index contributed by atoms with van der Waals surface area (Å²) in [5, 5.41) is 4.32. The van der Waals surface area contributed by atoms with E-state index in [2.05, 4.69) is 15.5 Å². The van der Waals surface area contributed by atoms with Crippen molar-refractivity contribution in [2.45, 2.75) is 6.92 Å². The van der Waals surface area contributed by atoms with E-state index in [9.17, 15) is 4.79 Å². The molecule has 4 heteroatoms. The number of amides is 1. The molecule has 0 fully saturated rings. The molecule has 0 unspecified atom stereocenters. The average Bonchev–Trinajstić information content (AvgIpc) is 2.64. The molecule has 0 saturated heterocycles. The minimum absolute atomic E-state index is 0.251. The topological polar surface area (TPSA) is 54.4 Å². The van der Waals surface area contributed by atoms with E-state index in [-0.39, 0.29) is 5.91 Å². The average molecular weight is 315 g/mol. The molecule has 1 aromatic heterocycles. The number of hydrogen-bond acceptors (Lipinski definition) is 3. The van der Waals surface area contributed by atoms with Gasteiger partial charge in [0.1, 0.15) is 5.71 Å². The largest absolute Gasteiger partial charge is 0.271 e. The van der Waals surface area contributed by atoms with Gasteiger partial charge in [-0.25, -0.2) is 5.43 Å². The van der Waals surface area contributed by atoms with Crippen LogP contribution in [0, 0.1) is 6.92 Å². The highest BCUT2D eigenvalue weighted by molar-refractivity contribution is 6.12. The SMILES string of the molecule is Cc1ccc(C(=O)N/N=C(\c2ccccc2)c2ccccn2)cc1. The molecule has 1 amide bonds. The fourth-order valence-corrected chi connectivity index (χ4v) is 2.24. The van der Waals surface area contributed by atoms with Crippen molar-refractivity contribution in [1.29, 1.82) is 0 Å². The van der Waals surface area contributed by atoms with Crippen molar-refractivity contribution in [2.75, 3.05) is 0 Å². The first-order valence-electron chi connectivity index (χ1n) is 7.65. The van der Waals surface area contributed by atoms with Crippen LogP contribution in [0.5, 0.6) is 0 Å². The van der Waals surface area contributed by atoms with Gasteiger partial charge < -0.3 is 0 Å². The van der Waals surface area contributed by atoms with E-state index in [1.54, 1.807) is 18.3 Å². The molecule has 3 aromatic rings. The Labute approximate surface area is 140 Å². The van der Waals surface area contributed by atoms with Crippen molar-refractivity contribution >= 4 is 11.6 Å². The predicted octanol–water partition coefficient (Wildman–Crippen LogP) is 3.57. The molecule has 0 aliphatic carbocycles. The van der Waals surface area contributed by atoms with Gasteiger partial charge in [0.15, 0.2) is 0 Å². The molecule has 24 heavy (non-hydrogen) atoms. The van der Waals surface area contributed by atoms with Crippen LogP contribution in [0.4, 0.5) is 0 Å². The van der Waals surface area contributed by atoms with Gasteiger partial charge in [0, 0.05) is 17.3 Å². The Morgan fingerprint density at radius 2 is 1.58 bits per heavy atom. The Kier molecular flexibility index (Phi) is 4.77. The maximum atomic E-state index is 12.3. The minimum Gasteiger partial charge on any atom is -0.267 e. The molecule has 0 radical (unpaired) electrons. The number of pyridine rings is 1. The van der Waals surface area contributed by atoms with Gasteiger partial charge in [-0.05, 0) is 31.2 Å². The zero-order valence-electron chi connectivity index (χ0n) is 13.3. The smallest absolute Gasteiger partial charge is 0.267 e. The molecule has 0 aliphatic heterocycles. The van der Waals surface area contributed by atoms with Crippen molar-refractivity contribution in [1.82, 2.24) is 10.4 Å². The number of rotatable bonds is 4. The summed E-state index contributed by atoms with van der Waals surface area (Å²) in [4.78, 5) is 16.6. The molecular weight excluding hydrogens is 298 g/mol. The molecule has 0 bridgehead atoms. The second-order valence-corrected chi connectivity index (χ2v) is 5.35. The normalized spacial score (nSPS) is 11.1. The molecule has 2 aromatic carbocycles. The van der Waals surface area contributed by atoms with E-state index in [0.29, 0.717) is 17.0 Å². The number of hydrazone groups is 1. The number of carbonyl (C=O) groups is 1. The first kappa shape index (κ1) is 15.6. The van der Waals surface area contributed by atoms with Gasteiger partial charge in [0.05, 0.1) is 5.69 Å². The number of hydrogen-bond donors (Lipinski definition) is 1. The summed E-state index contributed by atoms with van der Waals surface area (Å²) in [6, 6.07) is 22.6. The summed E-state index contributed by atoms with van der Waals surface area (Å²) in [6.07, 6.45) is 1.70. The molecule has 4 nitrogen and oxygen atoms in total. The lowest BCUT2D eigenvalue weighted by atomic mass is 10.1. The maximum absolute atomic E-state index is 12.3. The van der Waals surface area contributed by atoms with Gasteiger partial charge in [-0.1, -0.05) is 54.1 Å². The Balaban J connectivity index is 1.90. The lowest BCUT2D eigenvalue weighted by Gasteiger charge is -2.07. The molecule has 0 atom stereocenters. The lowest BCUT2D eigenvalue weighted by Crippen LogP contribution is -2.21. The summed E-state index contributed by atoms with van der Waals surface area (Å²) in [7, 11) is 0. The number of nitrogens with one attached hydrogen (secondary N) is 1. The van der Waals surface area contributed by atoms with Crippen molar-refractivity contribution in [3.63, 3.8) is 0 Å². The fourth-order valence-electron chi connectivity index (χ4n) is 2.24. The second kappa shape index (κ2) is 7.33. The quantitative estimate of drug-likeness (QED) is 0.591. The van der Waals surface area contributed by atoms with Crippen molar-refractivity contribution in [2.24, 2.45) is 5.10 Å². The third kappa shape index (κ3) is 3.73. The van der Waals surface area contributed by atoms with Crippen LogP contribution in [-0.2, 0) is 0 Å². The van der Waals surface area contributed by atoms with E-state index in [1.165, 1.54) is 0 Å². The summed E-state index contributed by atoms with van der Waals surface area (Å²) in [5.74, 6) is -0.251. The summed E-state index contributed by atoms with van der Waals surface area (Å²) < 4.78 is 0. The van der Waals surface area contributed by atoms with Crippen molar-refractivity contribution < 1.29 is 4.79 Å². The van der Waals surface area contributed by atoms with E-state index in [0.717, 1.165) is 11.1 Å². The molecule has 1 heterocycles.